The Hall–Kier alpha value is -1.35. The topological polar surface area (TPSA) is 32.3 Å². The first-order valence-electron chi connectivity index (χ1n) is 8.08. The highest BCUT2D eigenvalue weighted by Crippen LogP contribution is 2.42. The predicted octanol–water partition coefficient (Wildman–Crippen LogP) is 2.87. The number of benzene rings is 1. The van der Waals surface area contributed by atoms with Crippen molar-refractivity contribution in [2.75, 3.05) is 27.2 Å². The molecule has 1 aromatic rings. The minimum Gasteiger partial charge on any atom is -0.344 e. The third-order valence-electron chi connectivity index (χ3n) is 4.82. The molecule has 0 saturated heterocycles. The Morgan fingerprint density at radius 1 is 1.24 bits per heavy atom. The van der Waals surface area contributed by atoms with E-state index in [1.807, 2.05) is 19.0 Å². The fraction of sp³-hybridized carbons (Fsp3) is 0.611. The van der Waals surface area contributed by atoms with E-state index in [1.54, 1.807) is 0 Å². The van der Waals surface area contributed by atoms with Crippen LogP contribution in [0.5, 0.6) is 0 Å². The molecule has 2 rings (SSSR count). The van der Waals surface area contributed by atoms with Crippen molar-refractivity contribution in [1.29, 1.82) is 0 Å². The molecule has 0 aromatic heterocycles. The number of nitrogens with one attached hydrogen (secondary N) is 1. The zero-order valence-electron chi connectivity index (χ0n) is 13.6. The molecule has 1 aromatic carbocycles. The SMILES string of the molecule is CNCCN(C)C(=O)C1(c2ccccc2C)CCCCC1. The molecule has 0 radical (unpaired) electrons. The summed E-state index contributed by atoms with van der Waals surface area (Å²) in [5.41, 5.74) is 2.19. The van der Waals surface area contributed by atoms with Crippen molar-refractivity contribution in [2.45, 2.75) is 44.4 Å². The Labute approximate surface area is 128 Å². The fourth-order valence-corrected chi connectivity index (χ4v) is 3.61. The van der Waals surface area contributed by atoms with Gasteiger partial charge >= 0.3 is 0 Å². The van der Waals surface area contributed by atoms with Crippen LogP contribution in [-0.2, 0) is 10.2 Å². The molecule has 0 aliphatic heterocycles. The summed E-state index contributed by atoms with van der Waals surface area (Å²) in [5, 5.41) is 3.13. The first-order valence-corrected chi connectivity index (χ1v) is 8.08. The van der Waals surface area contributed by atoms with Crippen LogP contribution in [0.3, 0.4) is 0 Å². The van der Waals surface area contributed by atoms with Gasteiger partial charge in [-0.3, -0.25) is 4.79 Å². The van der Waals surface area contributed by atoms with Crippen LogP contribution in [-0.4, -0.2) is 38.0 Å². The van der Waals surface area contributed by atoms with Crippen molar-refractivity contribution >= 4 is 5.91 Å². The number of rotatable bonds is 5. The van der Waals surface area contributed by atoms with E-state index in [0.29, 0.717) is 5.91 Å². The minimum absolute atomic E-state index is 0.298. The smallest absolute Gasteiger partial charge is 0.233 e. The lowest BCUT2D eigenvalue weighted by Crippen LogP contribution is -2.48. The second-order valence-electron chi connectivity index (χ2n) is 6.29. The lowest BCUT2D eigenvalue weighted by atomic mass is 9.67. The number of likely N-dealkylation sites (N-methyl/N-ethyl adjacent to an activating group) is 2. The molecule has 3 heteroatoms. The predicted molar refractivity (Wildman–Crippen MR) is 87.5 cm³/mol. The average Bonchev–Trinajstić information content (AvgIpc) is 2.53. The lowest BCUT2D eigenvalue weighted by molar-refractivity contribution is -0.137. The number of carbonyl (C=O) groups excluding carboxylic acids is 1. The Morgan fingerprint density at radius 2 is 1.90 bits per heavy atom. The number of amides is 1. The maximum atomic E-state index is 13.2. The van der Waals surface area contributed by atoms with Gasteiger partial charge in [0.1, 0.15) is 0 Å². The van der Waals surface area contributed by atoms with E-state index in [0.717, 1.165) is 38.8 Å². The quantitative estimate of drug-likeness (QED) is 0.903. The highest BCUT2D eigenvalue weighted by molar-refractivity contribution is 5.88. The molecule has 0 bridgehead atoms. The zero-order valence-corrected chi connectivity index (χ0v) is 13.6. The van der Waals surface area contributed by atoms with Gasteiger partial charge < -0.3 is 10.2 Å². The van der Waals surface area contributed by atoms with Crippen LogP contribution < -0.4 is 5.32 Å². The van der Waals surface area contributed by atoms with Gasteiger partial charge in [0.2, 0.25) is 5.91 Å². The van der Waals surface area contributed by atoms with Crippen molar-refractivity contribution < 1.29 is 4.79 Å². The van der Waals surface area contributed by atoms with E-state index in [2.05, 4.69) is 36.5 Å². The van der Waals surface area contributed by atoms with Crippen molar-refractivity contribution in [2.24, 2.45) is 0 Å². The van der Waals surface area contributed by atoms with Crippen LogP contribution in [0.15, 0.2) is 24.3 Å². The fourth-order valence-electron chi connectivity index (χ4n) is 3.61. The van der Waals surface area contributed by atoms with E-state index >= 15 is 0 Å². The highest BCUT2D eigenvalue weighted by atomic mass is 16.2. The van der Waals surface area contributed by atoms with Crippen LogP contribution >= 0.6 is 0 Å². The molecule has 21 heavy (non-hydrogen) atoms. The zero-order chi connectivity index (χ0) is 15.3. The van der Waals surface area contributed by atoms with E-state index in [1.165, 1.54) is 17.5 Å². The van der Waals surface area contributed by atoms with Gasteiger partial charge in [-0.2, -0.15) is 0 Å². The second kappa shape index (κ2) is 7.08. The third-order valence-corrected chi connectivity index (χ3v) is 4.82. The largest absolute Gasteiger partial charge is 0.344 e. The maximum absolute atomic E-state index is 13.2. The molecule has 0 unspecified atom stereocenters. The van der Waals surface area contributed by atoms with Gasteiger partial charge in [0, 0.05) is 20.1 Å². The molecule has 1 N–H and O–H groups in total. The highest BCUT2D eigenvalue weighted by Gasteiger charge is 2.43. The number of nitrogens with zero attached hydrogens (tertiary/aromatic N) is 1. The summed E-state index contributed by atoms with van der Waals surface area (Å²) in [6, 6.07) is 8.42. The Kier molecular flexibility index (Phi) is 5.40. The number of carbonyl (C=O) groups is 1. The summed E-state index contributed by atoms with van der Waals surface area (Å²) >= 11 is 0. The van der Waals surface area contributed by atoms with E-state index in [9.17, 15) is 4.79 Å². The van der Waals surface area contributed by atoms with E-state index < -0.39 is 0 Å². The van der Waals surface area contributed by atoms with Gasteiger partial charge in [-0.05, 0) is 37.9 Å². The number of aryl methyl sites for hydroxylation is 1. The molecular weight excluding hydrogens is 260 g/mol. The molecule has 0 spiro atoms. The van der Waals surface area contributed by atoms with Gasteiger partial charge in [0.25, 0.3) is 0 Å². The summed E-state index contributed by atoms with van der Waals surface area (Å²) in [7, 11) is 3.87. The molecule has 1 fully saturated rings. The van der Waals surface area contributed by atoms with Gasteiger partial charge in [0.15, 0.2) is 0 Å². The molecule has 0 heterocycles. The van der Waals surface area contributed by atoms with Gasteiger partial charge in [-0.15, -0.1) is 0 Å². The Bertz CT molecular complexity index is 478. The summed E-state index contributed by atoms with van der Waals surface area (Å²) in [5.74, 6) is 0.298. The van der Waals surface area contributed by atoms with Crippen molar-refractivity contribution in [3.8, 4) is 0 Å². The van der Waals surface area contributed by atoms with Crippen LogP contribution in [0.1, 0.15) is 43.2 Å². The number of hydrogen-bond acceptors (Lipinski definition) is 2. The van der Waals surface area contributed by atoms with Gasteiger partial charge in [-0.25, -0.2) is 0 Å². The molecule has 1 aliphatic rings. The van der Waals surface area contributed by atoms with Crippen LogP contribution in [0.4, 0.5) is 0 Å². The van der Waals surface area contributed by atoms with Crippen molar-refractivity contribution in [3.05, 3.63) is 35.4 Å². The second-order valence-corrected chi connectivity index (χ2v) is 6.29. The average molecular weight is 288 g/mol. The molecule has 1 aliphatic carbocycles. The molecule has 0 atom stereocenters. The summed E-state index contributed by atoms with van der Waals surface area (Å²) in [4.78, 5) is 15.1. The molecular formula is C18H28N2O. The maximum Gasteiger partial charge on any atom is 0.233 e. The van der Waals surface area contributed by atoms with E-state index in [-0.39, 0.29) is 5.41 Å². The monoisotopic (exact) mass is 288 g/mol. The molecule has 1 amide bonds. The standard InChI is InChI=1S/C18H28N2O/c1-15-9-5-6-10-16(15)18(11-7-4-8-12-18)17(21)20(3)14-13-19-2/h5-6,9-10,19H,4,7-8,11-14H2,1-3H3. The first-order chi connectivity index (χ1) is 10.1. The summed E-state index contributed by atoms with van der Waals surface area (Å²) < 4.78 is 0. The van der Waals surface area contributed by atoms with Gasteiger partial charge in [0.05, 0.1) is 5.41 Å². The Balaban J connectivity index is 2.33. The molecule has 1 saturated carbocycles. The minimum atomic E-state index is -0.300. The summed E-state index contributed by atoms with van der Waals surface area (Å²) in [6.45, 7) is 3.74. The lowest BCUT2D eigenvalue weighted by Gasteiger charge is -2.40. The Morgan fingerprint density at radius 3 is 2.52 bits per heavy atom. The molecule has 3 nitrogen and oxygen atoms in total. The van der Waals surface area contributed by atoms with Crippen molar-refractivity contribution in [1.82, 2.24) is 10.2 Å². The van der Waals surface area contributed by atoms with Crippen LogP contribution in [0, 0.1) is 6.92 Å². The first kappa shape index (κ1) is 16.0. The summed E-state index contributed by atoms with van der Waals surface area (Å²) in [6.07, 6.45) is 5.53. The normalized spacial score (nSPS) is 17.5. The van der Waals surface area contributed by atoms with Crippen LogP contribution in [0.25, 0.3) is 0 Å². The molecule has 116 valence electrons. The number of hydrogen-bond donors (Lipinski definition) is 1. The third kappa shape index (κ3) is 3.29. The van der Waals surface area contributed by atoms with Crippen molar-refractivity contribution in [3.63, 3.8) is 0 Å². The van der Waals surface area contributed by atoms with E-state index in [4.69, 9.17) is 0 Å². The van der Waals surface area contributed by atoms with Crippen LogP contribution in [0.2, 0.25) is 0 Å². The van der Waals surface area contributed by atoms with Gasteiger partial charge in [-0.1, -0.05) is 43.5 Å².